The fourth-order valence-electron chi connectivity index (χ4n) is 2.34. The number of hydrogen-bond donors (Lipinski definition) is 2. The van der Waals surface area contributed by atoms with Crippen molar-refractivity contribution in [3.8, 4) is 11.5 Å². The highest BCUT2D eigenvalue weighted by molar-refractivity contribution is 5.52. The van der Waals surface area contributed by atoms with Crippen molar-refractivity contribution in [2.45, 2.75) is 0 Å². The lowest BCUT2D eigenvalue weighted by atomic mass is 10.2. The molecule has 4 rings (SSSR count). The number of pyridine rings is 2. The minimum Gasteiger partial charge on any atom is -0.868 e. The van der Waals surface area contributed by atoms with Gasteiger partial charge in [-0.3, -0.25) is 51.9 Å². The maximum Gasteiger partial charge on any atom is 0.276 e. The third-order valence-corrected chi connectivity index (χ3v) is 4.17. The number of anilines is 2. The van der Waals surface area contributed by atoms with E-state index in [0.29, 0.717) is 23.8 Å². The summed E-state index contributed by atoms with van der Waals surface area (Å²) in [6.45, 7) is 0. The Hall–Kier alpha value is -6.46. The monoisotopic (exact) mass is 556 g/mol. The number of hydrogen-bond acceptors (Lipinski definition) is 12. The second-order valence-corrected chi connectivity index (χ2v) is 6.97. The van der Waals surface area contributed by atoms with Crippen molar-refractivity contribution >= 4 is 34.4 Å². The van der Waals surface area contributed by atoms with Crippen molar-refractivity contribution in [2.75, 3.05) is 11.5 Å². The van der Waals surface area contributed by atoms with E-state index in [-0.39, 0.29) is 0 Å². The van der Waals surface area contributed by atoms with Gasteiger partial charge in [-0.2, -0.15) is 0 Å². The number of nitrogens with zero attached hydrogens (tertiary/aromatic N) is 4. The van der Waals surface area contributed by atoms with Crippen LogP contribution in [0.1, 0.15) is 0 Å². The van der Waals surface area contributed by atoms with Gasteiger partial charge in [0.1, 0.15) is 0 Å². The van der Waals surface area contributed by atoms with Crippen LogP contribution in [0.4, 0.5) is 34.4 Å². The van der Waals surface area contributed by atoms with E-state index >= 15 is 0 Å². The molecule has 0 radical (unpaired) electrons. The zero-order valence-corrected chi connectivity index (χ0v) is 20.1. The number of H-pyrrole nitrogens is 2. The SMILES string of the molecule is Nc1cccc[nH+]1.Nc1cccc[nH+]1.O=[N+]([O-])c1ccc([O-])c([N+](=O)[O-])c1.O=[N+]([O-])c1ccc([O-])c([N+](=O)[O-])c1. The number of nitrogen functional groups attached to an aromatic ring is 2. The Kier molecular flexibility index (Phi) is 12.3. The molecular formula is C22H20N8O10. The Morgan fingerprint density at radius 1 is 0.525 bits per heavy atom. The van der Waals surface area contributed by atoms with E-state index in [4.69, 9.17) is 11.5 Å². The first-order valence-corrected chi connectivity index (χ1v) is 10.5. The minimum absolute atomic E-state index is 0.466. The average molecular weight is 556 g/mol. The normalized spacial score (nSPS) is 9.20. The third kappa shape index (κ3) is 11.1. The molecule has 0 saturated carbocycles. The van der Waals surface area contributed by atoms with Crippen molar-refractivity contribution in [3.05, 3.63) is 126 Å². The smallest absolute Gasteiger partial charge is 0.276 e. The summed E-state index contributed by atoms with van der Waals surface area (Å²) in [6, 6.07) is 15.9. The first-order chi connectivity index (χ1) is 18.8. The molecule has 18 heteroatoms. The zero-order chi connectivity index (χ0) is 30.2. The van der Waals surface area contributed by atoms with Crippen LogP contribution in [0.25, 0.3) is 0 Å². The second-order valence-electron chi connectivity index (χ2n) is 6.97. The molecule has 0 spiro atoms. The van der Waals surface area contributed by atoms with Gasteiger partial charge in [0.05, 0.1) is 44.2 Å². The first kappa shape index (κ1) is 31.6. The molecule has 18 nitrogen and oxygen atoms in total. The molecule has 0 atom stereocenters. The highest BCUT2D eigenvalue weighted by Gasteiger charge is 2.14. The van der Waals surface area contributed by atoms with Gasteiger partial charge in [-0.1, -0.05) is 24.3 Å². The predicted molar refractivity (Wildman–Crippen MR) is 133 cm³/mol. The first-order valence-electron chi connectivity index (χ1n) is 10.5. The van der Waals surface area contributed by atoms with Gasteiger partial charge in [-0.05, 0) is 23.6 Å². The molecule has 40 heavy (non-hydrogen) atoms. The van der Waals surface area contributed by atoms with E-state index in [1.54, 1.807) is 24.5 Å². The van der Waals surface area contributed by atoms with Gasteiger partial charge in [-0.15, -0.1) is 0 Å². The van der Waals surface area contributed by atoms with Gasteiger partial charge in [0.15, 0.2) is 0 Å². The molecule has 0 fully saturated rings. The van der Waals surface area contributed by atoms with E-state index in [1.165, 1.54) is 0 Å². The maximum absolute atomic E-state index is 10.8. The van der Waals surface area contributed by atoms with Crippen LogP contribution in [0.15, 0.2) is 85.2 Å². The maximum atomic E-state index is 10.8. The van der Waals surface area contributed by atoms with Crippen LogP contribution in [-0.4, -0.2) is 19.7 Å². The van der Waals surface area contributed by atoms with Crippen LogP contribution in [-0.2, 0) is 0 Å². The number of nitrogens with one attached hydrogen (secondary N) is 2. The number of benzene rings is 2. The van der Waals surface area contributed by atoms with Crippen LogP contribution in [0.2, 0.25) is 0 Å². The molecule has 0 amide bonds. The molecule has 2 heterocycles. The zero-order valence-electron chi connectivity index (χ0n) is 20.1. The summed E-state index contributed by atoms with van der Waals surface area (Å²) >= 11 is 0. The Bertz CT molecular complexity index is 1350. The molecular weight excluding hydrogens is 536 g/mol. The Balaban J connectivity index is 0.000000277. The molecule has 4 aromatic rings. The summed E-state index contributed by atoms with van der Waals surface area (Å²) in [4.78, 5) is 42.8. The average Bonchev–Trinajstić information content (AvgIpc) is 2.90. The molecule has 208 valence electrons. The van der Waals surface area contributed by atoms with Crippen LogP contribution < -0.4 is 31.6 Å². The van der Waals surface area contributed by atoms with Gasteiger partial charge < -0.3 is 10.2 Å². The number of aromatic amines is 2. The lowest BCUT2D eigenvalue weighted by Crippen LogP contribution is -2.06. The largest absolute Gasteiger partial charge is 0.868 e. The Labute approximate surface area is 223 Å². The molecule has 0 aliphatic heterocycles. The molecule has 6 N–H and O–H groups in total. The summed E-state index contributed by atoms with van der Waals surface area (Å²) in [5.74, 6) is -0.281. The second kappa shape index (κ2) is 15.6. The number of nitrogens with two attached hydrogens (primary N) is 2. The lowest BCUT2D eigenvalue weighted by Gasteiger charge is -2.04. The van der Waals surface area contributed by atoms with Crippen molar-refractivity contribution in [2.24, 2.45) is 0 Å². The molecule has 2 aromatic carbocycles. The fourth-order valence-corrected chi connectivity index (χ4v) is 2.34. The summed E-state index contributed by atoms with van der Waals surface area (Å²) in [6.07, 6.45) is 3.57. The van der Waals surface area contributed by atoms with E-state index in [9.17, 15) is 50.7 Å². The van der Waals surface area contributed by atoms with Crippen LogP contribution in [0.3, 0.4) is 0 Å². The molecule has 2 aromatic heterocycles. The number of nitro groups is 4. The number of aromatic nitrogens is 2. The van der Waals surface area contributed by atoms with Crippen molar-refractivity contribution in [1.82, 2.24) is 0 Å². The topological polar surface area (TPSA) is 299 Å². The summed E-state index contributed by atoms with van der Waals surface area (Å²) < 4.78 is 0. The summed E-state index contributed by atoms with van der Waals surface area (Å²) in [5.41, 5.74) is 8.11. The van der Waals surface area contributed by atoms with Gasteiger partial charge in [0.25, 0.3) is 34.4 Å². The van der Waals surface area contributed by atoms with Crippen molar-refractivity contribution in [3.63, 3.8) is 0 Å². The van der Waals surface area contributed by atoms with E-state index in [2.05, 4.69) is 9.97 Å². The number of nitro benzene ring substituents is 4. The van der Waals surface area contributed by atoms with Gasteiger partial charge >= 0.3 is 0 Å². The molecule has 0 saturated heterocycles. The quantitative estimate of drug-likeness (QED) is 0.265. The van der Waals surface area contributed by atoms with Gasteiger partial charge in [0.2, 0.25) is 0 Å². The van der Waals surface area contributed by atoms with E-state index in [1.807, 2.05) is 24.3 Å². The Morgan fingerprint density at radius 2 is 0.875 bits per heavy atom. The molecule has 0 aliphatic carbocycles. The fraction of sp³-hybridized carbons (Fsp3) is 0. The Morgan fingerprint density at radius 3 is 1.07 bits per heavy atom. The van der Waals surface area contributed by atoms with Crippen molar-refractivity contribution < 1.29 is 39.9 Å². The van der Waals surface area contributed by atoms with E-state index in [0.717, 1.165) is 24.3 Å². The van der Waals surface area contributed by atoms with Crippen LogP contribution in [0, 0.1) is 40.5 Å². The molecule has 0 bridgehead atoms. The van der Waals surface area contributed by atoms with Gasteiger partial charge in [0, 0.05) is 24.3 Å². The predicted octanol–water partition coefficient (Wildman–Crippen LogP) is 1.32. The summed E-state index contributed by atoms with van der Waals surface area (Å²) in [5, 5.41) is 62.2. The standard InChI is InChI=1S/2C6H4N2O5.2C5H6N2/c2*9-6-2-1-4(7(10)11)3-5(6)8(12)13;2*6-5-3-1-2-4-7-5/h2*1-3,9H;2*1-4H,(H2,6,7). The minimum atomic E-state index is -0.949. The van der Waals surface area contributed by atoms with Crippen LogP contribution in [0.5, 0.6) is 11.5 Å². The van der Waals surface area contributed by atoms with Gasteiger partial charge in [-0.25, -0.2) is 9.97 Å². The third-order valence-electron chi connectivity index (χ3n) is 4.17. The highest BCUT2D eigenvalue weighted by atomic mass is 16.6. The molecule has 0 unspecified atom stereocenters. The van der Waals surface area contributed by atoms with Crippen molar-refractivity contribution in [1.29, 1.82) is 0 Å². The van der Waals surface area contributed by atoms with Crippen LogP contribution >= 0.6 is 0 Å². The van der Waals surface area contributed by atoms with E-state index < -0.39 is 53.9 Å². The lowest BCUT2D eigenvalue weighted by molar-refractivity contribution is -0.403. The summed E-state index contributed by atoms with van der Waals surface area (Å²) in [7, 11) is 0. The highest BCUT2D eigenvalue weighted by Crippen LogP contribution is 2.28. The number of non-ortho nitro benzene ring substituents is 2. The number of rotatable bonds is 4. The molecule has 0 aliphatic rings.